The summed E-state index contributed by atoms with van der Waals surface area (Å²) in [5.74, 6) is -0.300. The number of anilines is 1. The summed E-state index contributed by atoms with van der Waals surface area (Å²) >= 11 is 0. The maximum absolute atomic E-state index is 12.2. The summed E-state index contributed by atoms with van der Waals surface area (Å²) in [5, 5.41) is 9.13. The third-order valence-corrected chi connectivity index (χ3v) is 1.62. The molecule has 0 spiro atoms. The van der Waals surface area contributed by atoms with Gasteiger partial charge in [-0.3, -0.25) is 0 Å². The van der Waals surface area contributed by atoms with E-state index in [1.54, 1.807) is 0 Å². The van der Waals surface area contributed by atoms with E-state index < -0.39 is 17.7 Å². The van der Waals surface area contributed by atoms with Gasteiger partial charge in [-0.25, -0.2) is 8.78 Å². The monoisotopic (exact) mass is 189 g/mol. The minimum absolute atomic E-state index is 0.174. The number of methoxy groups -OCH3 is 1. The number of nitrogen functional groups attached to an aromatic ring is 1. The average Bonchev–Trinajstić information content (AvgIpc) is 2.02. The van der Waals surface area contributed by atoms with Gasteiger partial charge >= 0.3 is 0 Å². The molecule has 0 unspecified atom stereocenters. The van der Waals surface area contributed by atoms with Crippen molar-refractivity contribution in [1.82, 2.24) is 0 Å². The summed E-state index contributed by atoms with van der Waals surface area (Å²) in [4.78, 5) is 0. The van der Waals surface area contributed by atoms with Crippen molar-refractivity contribution < 1.29 is 18.6 Å². The van der Waals surface area contributed by atoms with Crippen molar-refractivity contribution >= 4 is 5.69 Å². The Balaban J connectivity index is 3.23. The lowest BCUT2D eigenvalue weighted by Crippen LogP contribution is -1.96. The molecule has 0 atom stereocenters. The highest BCUT2D eigenvalue weighted by Gasteiger charge is 2.17. The molecule has 0 aliphatic heterocycles. The second-order valence-corrected chi connectivity index (χ2v) is 2.45. The van der Waals surface area contributed by atoms with Crippen molar-refractivity contribution in [2.24, 2.45) is 0 Å². The second-order valence-electron chi connectivity index (χ2n) is 2.45. The molecule has 72 valence electrons. The summed E-state index contributed by atoms with van der Waals surface area (Å²) in [5.41, 5.74) is 4.55. The quantitative estimate of drug-likeness (QED) is 0.699. The minimum Gasteiger partial charge on any atom is -0.507 e. The number of hydrogen-bond donors (Lipinski definition) is 2. The average molecular weight is 189 g/mol. The first kappa shape index (κ1) is 9.57. The van der Waals surface area contributed by atoms with E-state index in [2.05, 4.69) is 0 Å². The Labute approximate surface area is 73.7 Å². The van der Waals surface area contributed by atoms with Gasteiger partial charge in [-0.2, -0.15) is 0 Å². The van der Waals surface area contributed by atoms with Crippen LogP contribution in [0.25, 0.3) is 0 Å². The highest BCUT2D eigenvalue weighted by Crippen LogP contribution is 2.36. The first-order valence-corrected chi connectivity index (χ1v) is 3.50. The molecule has 0 aromatic heterocycles. The van der Waals surface area contributed by atoms with Gasteiger partial charge in [0.25, 0.3) is 6.43 Å². The predicted octanol–water partition coefficient (Wildman–Crippen LogP) is 1.92. The van der Waals surface area contributed by atoms with Crippen molar-refractivity contribution in [3.05, 3.63) is 17.7 Å². The van der Waals surface area contributed by atoms with Crippen LogP contribution >= 0.6 is 0 Å². The number of phenolic OH excluding ortho intramolecular Hbond substituents is 1. The molecule has 0 saturated carbocycles. The Morgan fingerprint density at radius 1 is 1.46 bits per heavy atom. The molecule has 0 heterocycles. The van der Waals surface area contributed by atoms with E-state index in [0.717, 1.165) is 6.07 Å². The van der Waals surface area contributed by atoms with Crippen molar-refractivity contribution in [2.45, 2.75) is 6.43 Å². The summed E-state index contributed by atoms with van der Waals surface area (Å²) < 4.78 is 29.2. The zero-order valence-electron chi connectivity index (χ0n) is 6.92. The van der Waals surface area contributed by atoms with E-state index in [1.807, 2.05) is 0 Å². The lowest BCUT2D eigenvalue weighted by molar-refractivity contribution is 0.148. The van der Waals surface area contributed by atoms with Crippen LogP contribution < -0.4 is 10.5 Å². The van der Waals surface area contributed by atoms with Gasteiger partial charge in [0.15, 0.2) is 0 Å². The Kier molecular flexibility index (Phi) is 2.55. The van der Waals surface area contributed by atoms with Crippen LogP contribution in [0.15, 0.2) is 12.1 Å². The van der Waals surface area contributed by atoms with Gasteiger partial charge in [-0.15, -0.1) is 0 Å². The van der Waals surface area contributed by atoms with E-state index >= 15 is 0 Å². The maximum atomic E-state index is 12.2. The van der Waals surface area contributed by atoms with Crippen molar-refractivity contribution in [2.75, 3.05) is 12.8 Å². The normalized spacial score (nSPS) is 10.5. The number of rotatable bonds is 2. The van der Waals surface area contributed by atoms with Gasteiger partial charge in [0, 0.05) is 17.8 Å². The molecule has 3 nitrogen and oxygen atoms in total. The third kappa shape index (κ3) is 1.80. The number of phenols is 1. The number of aromatic hydroxyl groups is 1. The van der Waals surface area contributed by atoms with Crippen LogP contribution in [0.1, 0.15) is 12.0 Å². The van der Waals surface area contributed by atoms with Gasteiger partial charge in [0.05, 0.1) is 12.7 Å². The first-order valence-electron chi connectivity index (χ1n) is 3.50. The largest absolute Gasteiger partial charge is 0.507 e. The van der Waals surface area contributed by atoms with E-state index in [1.165, 1.54) is 13.2 Å². The Hall–Kier alpha value is -1.52. The number of alkyl halides is 2. The molecule has 3 N–H and O–H groups in total. The Morgan fingerprint density at radius 2 is 2.08 bits per heavy atom. The Morgan fingerprint density at radius 3 is 2.46 bits per heavy atom. The molecule has 0 bridgehead atoms. The lowest BCUT2D eigenvalue weighted by Gasteiger charge is -2.09. The van der Waals surface area contributed by atoms with Gasteiger partial charge in [-0.1, -0.05) is 0 Å². The molecule has 0 saturated heterocycles. The van der Waals surface area contributed by atoms with E-state index in [0.29, 0.717) is 0 Å². The second kappa shape index (κ2) is 3.47. The fraction of sp³-hybridized carbons (Fsp3) is 0.250. The van der Waals surface area contributed by atoms with Crippen LogP contribution in [0.3, 0.4) is 0 Å². The topological polar surface area (TPSA) is 55.5 Å². The first-order chi connectivity index (χ1) is 6.06. The van der Waals surface area contributed by atoms with Gasteiger partial charge < -0.3 is 15.6 Å². The molecular formula is C8H9F2NO2. The summed E-state index contributed by atoms with van der Waals surface area (Å²) in [7, 11) is 1.36. The molecule has 1 rings (SSSR count). The molecule has 0 aliphatic carbocycles. The zero-order valence-corrected chi connectivity index (χ0v) is 6.92. The molecule has 1 aromatic rings. The maximum Gasteiger partial charge on any atom is 0.269 e. The third-order valence-electron chi connectivity index (χ3n) is 1.62. The highest BCUT2D eigenvalue weighted by atomic mass is 19.3. The van der Waals surface area contributed by atoms with Crippen LogP contribution in [-0.4, -0.2) is 12.2 Å². The molecule has 5 heteroatoms. The fourth-order valence-corrected chi connectivity index (χ4v) is 0.989. The van der Waals surface area contributed by atoms with Crippen LogP contribution in [0.2, 0.25) is 0 Å². The molecule has 0 fully saturated rings. The summed E-state index contributed by atoms with van der Waals surface area (Å²) in [6, 6.07) is 2.33. The molecular weight excluding hydrogens is 180 g/mol. The molecule has 0 radical (unpaired) electrons. The molecule has 1 aromatic carbocycles. The van der Waals surface area contributed by atoms with Gasteiger partial charge in [0.2, 0.25) is 0 Å². The van der Waals surface area contributed by atoms with Crippen LogP contribution in [-0.2, 0) is 0 Å². The van der Waals surface area contributed by atoms with Crippen molar-refractivity contribution in [1.29, 1.82) is 0 Å². The van der Waals surface area contributed by atoms with Crippen LogP contribution in [0, 0.1) is 0 Å². The molecule has 13 heavy (non-hydrogen) atoms. The smallest absolute Gasteiger partial charge is 0.269 e. The van der Waals surface area contributed by atoms with Gasteiger partial charge in [0.1, 0.15) is 11.5 Å². The van der Waals surface area contributed by atoms with Crippen LogP contribution in [0.5, 0.6) is 11.5 Å². The SMILES string of the molecule is COc1cc(N)c(C(F)F)c(O)c1. The standard InChI is InChI=1S/C8H9F2NO2/c1-13-4-2-5(11)7(8(9)10)6(12)3-4/h2-3,8,12H,11H2,1H3. The van der Waals surface area contributed by atoms with Crippen molar-refractivity contribution in [3.63, 3.8) is 0 Å². The van der Waals surface area contributed by atoms with Gasteiger partial charge in [-0.05, 0) is 0 Å². The minimum atomic E-state index is -2.79. The number of halogens is 2. The van der Waals surface area contributed by atoms with Crippen molar-refractivity contribution in [3.8, 4) is 11.5 Å². The number of benzene rings is 1. The number of ether oxygens (including phenoxy) is 1. The number of nitrogens with two attached hydrogens (primary N) is 1. The zero-order chi connectivity index (χ0) is 10.0. The molecule has 0 amide bonds. The summed E-state index contributed by atoms with van der Waals surface area (Å²) in [6.07, 6.45) is -2.79. The van der Waals surface area contributed by atoms with E-state index in [-0.39, 0.29) is 11.4 Å². The van der Waals surface area contributed by atoms with Crippen LogP contribution in [0.4, 0.5) is 14.5 Å². The fourth-order valence-electron chi connectivity index (χ4n) is 0.989. The van der Waals surface area contributed by atoms with E-state index in [9.17, 15) is 8.78 Å². The Bertz CT molecular complexity index is 292. The lowest BCUT2D eigenvalue weighted by atomic mass is 10.1. The van der Waals surface area contributed by atoms with E-state index in [4.69, 9.17) is 15.6 Å². The summed E-state index contributed by atoms with van der Waals surface area (Å²) in [6.45, 7) is 0. The highest BCUT2D eigenvalue weighted by molar-refractivity contribution is 5.58. The number of hydrogen-bond acceptors (Lipinski definition) is 3. The molecule has 0 aliphatic rings. The predicted molar refractivity (Wildman–Crippen MR) is 44.0 cm³/mol.